The Kier molecular flexibility index (Phi) is 13.4. The lowest BCUT2D eigenvalue weighted by Gasteiger charge is -2.11. The van der Waals surface area contributed by atoms with Crippen LogP contribution in [0.3, 0.4) is 0 Å². The highest BCUT2D eigenvalue weighted by molar-refractivity contribution is 5.90. The molecule has 2 nitrogen and oxygen atoms in total. The van der Waals surface area contributed by atoms with Gasteiger partial charge in [0.1, 0.15) is 5.82 Å². The van der Waals surface area contributed by atoms with Crippen molar-refractivity contribution in [2.75, 3.05) is 6.61 Å². The van der Waals surface area contributed by atoms with E-state index in [4.69, 9.17) is 4.74 Å². The number of carbonyl (C=O) groups excluding carboxylic acids is 1. The lowest BCUT2D eigenvalue weighted by molar-refractivity contribution is -0.140. The van der Waals surface area contributed by atoms with Crippen molar-refractivity contribution in [1.29, 1.82) is 0 Å². The maximum atomic E-state index is 13.9. The molecule has 0 spiro atoms. The van der Waals surface area contributed by atoms with Crippen LogP contribution >= 0.6 is 0 Å². The van der Waals surface area contributed by atoms with Gasteiger partial charge in [-0.15, -0.1) is 0 Å². The van der Waals surface area contributed by atoms with Crippen molar-refractivity contribution < 1.29 is 27.1 Å². The van der Waals surface area contributed by atoms with Gasteiger partial charge in [-0.05, 0) is 18.6 Å². The highest BCUT2D eigenvalue weighted by atomic mass is 19.4. The van der Waals surface area contributed by atoms with E-state index in [1.54, 1.807) is 0 Å². The summed E-state index contributed by atoms with van der Waals surface area (Å²) >= 11 is 0. The van der Waals surface area contributed by atoms with Crippen LogP contribution in [0.15, 0.2) is 18.2 Å². The number of rotatable bonds is 16. The van der Waals surface area contributed by atoms with Crippen LogP contribution in [0.25, 0.3) is 0 Å². The molecule has 0 aliphatic heterocycles. The van der Waals surface area contributed by atoms with Crippen molar-refractivity contribution in [3.63, 3.8) is 0 Å². The van der Waals surface area contributed by atoms with Gasteiger partial charge in [-0.1, -0.05) is 96.5 Å². The normalized spacial score (nSPS) is 11.6. The fourth-order valence-electron chi connectivity index (χ4n) is 3.45. The number of esters is 1. The molecule has 0 aromatic heterocycles. The highest BCUT2D eigenvalue weighted by Crippen LogP contribution is 2.32. The number of hydrogen-bond donors (Lipinski definition) is 0. The van der Waals surface area contributed by atoms with Gasteiger partial charge in [-0.2, -0.15) is 13.2 Å². The molecule has 0 unspecified atom stereocenters. The van der Waals surface area contributed by atoms with Crippen molar-refractivity contribution in [1.82, 2.24) is 0 Å². The van der Waals surface area contributed by atoms with Crippen molar-refractivity contribution in [3.8, 4) is 0 Å². The van der Waals surface area contributed by atoms with E-state index in [-0.39, 0.29) is 6.61 Å². The van der Waals surface area contributed by atoms with Crippen LogP contribution in [0, 0.1) is 5.82 Å². The maximum Gasteiger partial charge on any atom is 0.419 e. The van der Waals surface area contributed by atoms with Crippen LogP contribution in [-0.2, 0) is 10.9 Å². The summed E-state index contributed by atoms with van der Waals surface area (Å²) in [6.45, 7) is 2.32. The second-order valence-electron chi connectivity index (χ2n) is 7.90. The SMILES string of the molecule is CCCCCCCCCCCCCCCCOC(=O)c1cccc(C(F)(F)F)c1F. The van der Waals surface area contributed by atoms with E-state index >= 15 is 0 Å². The van der Waals surface area contributed by atoms with Crippen molar-refractivity contribution in [2.24, 2.45) is 0 Å². The minimum absolute atomic E-state index is 0.0898. The van der Waals surface area contributed by atoms with Crippen LogP contribution in [0.1, 0.15) is 113 Å². The molecule has 30 heavy (non-hydrogen) atoms. The summed E-state index contributed by atoms with van der Waals surface area (Å²) < 4.78 is 56.9. The zero-order chi connectivity index (χ0) is 22.2. The van der Waals surface area contributed by atoms with Gasteiger partial charge in [-0.25, -0.2) is 9.18 Å². The number of unbranched alkanes of at least 4 members (excludes halogenated alkanes) is 13. The first-order valence-electron chi connectivity index (χ1n) is 11.4. The average molecular weight is 433 g/mol. The summed E-state index contributed by atoms with van der Waals surface area (Å²) in [5.74, 6) is -2.62. The van der Waals surface area contributed by atoms with E-state index in [0.29, 0.717) is 12.5 Å². The molecule has 0 atom stereocenters. The summed E-state index contributed by atoms with van der Waals surface area (Å²) in [6.07, 6.45) is 11.9. The average Bonchev–Trinajstić information content (AvgIpc) is 2.70. The molecule has 1 rings (SSSR count). The third-order valence-electron chi connectivity index (χ3n) is 5.26. The third-order valence-corrected chi connectivity index (χ3v) is 5.26. The molecule has 0 heterocycles. The first kappa shape index (κ1) is 26.4. The predicted molar refractivity (Wildman–Crippen MR) is 112 cm³/mol. The summed E-state index contributed by atoms with van der Waals surface area (Å²) in [5.41, 5.74) is -2.12. The minimum atomic E-state index is -4.84. The molecule has 1 aromatic rings. The van der Waals surface area contributed by atoms with Gasteiger partial charge in [0.05, 0.1) is 17.7 Å². The van der Waals surface area contributed by atoms with Gasteiger partial charge < -0.3 is 4.74 Å². The molecule has 0 aliphatic rings. The Morgan fingerprint density at radius 2 is 1.27 bits per heavy atom. The Morgan fingerprint density at radius 3 is 1.73 bits per heavy atom. The van der Waals surface area contributed by atoms with Gasteiger partial charge in [0.2, 0.25) is 0 Å². The van der Waals surface area contributed by atoms with Crippen molar-refractivity contribution >= 4 is 5.97 Å². The standard InChI is InChI=1S/C24H36F4O2/c1-2-3-4-5-6-7-8-9-10-11-12-13-14-15-19-30-23(29)20-17-16-18-21(22(20)25)24(26,27)28/h16-18H,2-15,19H2,1H3. The lowest BCUT2D eigenvalue weighted by Crippen LogP contribution is -2.14. The highest BCUT2D eigenvalue weighted by Gasteiger charge is 2.35. The molecular formula is C24H36F4O2. The molecule has 1 aromatic carbocycles. The first-order chi connectivity index (χ1) is 14.4. The smallest absolute Gasteiger partial charge is 0.419 e. The fraction of sp³-hybridized carbons (Fsp3) is 0.708. The van der Waals surface area contributed by atoms with Crippen molar-refractivity contribution in [2.45, 2.75) is 103 Å². The topological polar surface area (TPSA) is 26.3 Å². The fourth-order valence-corrected chi connectivity index (χ4v) is 3.45. The lowest BCUT2D eigenvalue weighted by atomic mass is 10.0. The van der Waals surface area contributed by atoms with E-state index in [9.17, 15) is 22.4 Å². The van der Waals surface area contributed by atoms with E-state index in [0.717, 1.165) is 31.4 Å². The monoisotopic (exact) mass is 432 g/mol. The van der Waals surface area contributed by atoms with Gasteiger partial charge in [0, 0.05) is 0 Å². The third kappa shape index (κ3) is 11.0. The number of hydrogen-bond acceptors (Lipinski definition) is 2. The molecule has 0 aliphatic carbocycles. The minimum Gasteiger partial charge on any atom is -0.462 e. The van der Waals surface area contributed by atoms with Gasteiger partial charge in [-0.3, -0.25) is 0 Å². The van der Waals surface area contributed by atoms with Crippen LogP contribution < -0.4 is 0 Å². The number of ether oxygens (including phenoxy) is 1. The molecular weight excluding hydrogens is 396 g/mol. The molecule has 6 heteroatoms. The van der Waals surface area contributed by atoms with E-state index < -0.39 is 29.1 Å². The number of alkyl halides is 3. The zero-order valence-corrected chi connectivity index (χ0v) is 18.2. The Balaban J connectivity index is 2.04. The summed E-state index contributed by atoms with van der Waals surface area (Å²) in [6, 6.07) is 2.63. The van der Waals surface area contributed by atoms with Crippen LogP contribution in [0.2, 0.25) is 0 Å². The van der Waals surface area contributed by atoms with Gasteiger partial charge in [0.25, 0.3) is 0 Å². The number of carbonyl (C=O) groups is 1. The summed E-state index contributed by atoms with van der Waals surface area (Å²) in [4.78, 5) is 11.8. The zero-order valence-electron chi connectivity index (χ0n) is 18.2. The molecule has 0 fully saturated rings. The van der Waals surface area contributed by atoms with Crippen LogP contribution in [-0.4, -0.2) is 12.6 Å². The van der Waals surface area contributed by atoms with E-state index in [1.165, 1.54) is 64.2 Å². The summed E-state index contributed by atoms with van der Waals surface area (Å²) in [5, 5.41) is 0. The Labute approximate surface area is 178 Å². The number of halogens is 4. The maximum absolute atomic E-state index is 13.9. The van der Waals surface area contributed by atoms with E-state index in [1.807, 2.05) is 0 Å². The van der Waals surface area contributed by atoms with Crippen LogP contribution in [0.5, 0.6) is 0 Å². The largest absolute Gasteiger partial charge is 0.462 e. The predicted octanol–water partition coefficient (Wildman–Crippen LogP) is 8.48. The van der Waals surface area contributed by atoms with Gasteiger partial charge in [0.15, 0.2) is 0 Å². The molecule has 0 radical (unpaired) electrons. The quantitative estimate of drug-likeness (QED) is 0.149. The van der Waals surface area contributed by atoms with Crippen LogP contribution in [0.4, 0.5) is 17.6 Å². The molecule has 0 amide bonds. The molecule has 0 saturated heterocycles. The molecule has 0 bridgehead atoms. The molecule has 0 saturated carbocycles. The second-order valence-corrected chi connectivity index (χ2v) is 7.90. The Bertz CT molecular complexity index is 599. The van der Waals surface area contributed by atoms with Crippen molar-refractivity contribution in [3.05, 3.63) is 35.1 Å². The number of benzene rings is 1. The Morgan fingerprint density at radius 1 is 0.800 bits per heavy atom. The molecule has 172 valence electrons. The first-order valence-corrected chi connectivity index (χ1v) is 11.4. The summed E-state index contributed by atoms with van der Waals surface area (Å²) in [7, 11) is 0. The Hall–Kier alpha value is -1.59. The second kappa shape index (κ2) is 15.2. The van der Waals surface area contributed by atoms with Gasteiger partial charge >= 0.3 is 12.1 Å². The van der Waals surface area contributed by atoms with E-state index in [2.05, 4.69) is 6.92 Å². The molecule has 0 N–H and O–H groups in total.